The number of nitrogens with zero attached hydrogens (tertiary/aromatic N) is 6. The lowest BCUT2D eigenvalue weighted by Crippen LogP contribution is -2.50. The number of carbonyl (C=O) groups excluding carboxylic acids is 5. The Bertz CT molecular complexity index is 2820. The summed E-state index contributed by atoms with van der Waals surface area (Å²) in [7, 11) is 1.52. The smallest absolute Gasteiger partial charge is 0.328 e. The van der Waals surface area contributed by atoms with Gasteiger partial charge in [0.2, 0.25) is 5.91 Å². The van der Waals surface area contributed by atoms with Gasteiger partial charge in [-0.3, -0.25) is 24.6 Å². The van der Waals surface area contributed by atoms with Gasteiger partial charge in [0.15, 0.2) is 0 Å². The summed E-state index contributed by atoms with van der Waals surface area (Å²) in [5, 5.41) is 5.98. The van der Waals surface area contributed by atoms with Crippen molar-refractivity contribution >= 4 is 52.3 Å². The molecule has 4 aliphatic heterocycles. The molecule has 374 valence electrons. The summed E-state index contributed by atoms with van der Waals surface area (Å²) in [5.74, 6) is -0.676. The molecule has 0 radical (unpaired) electrons. The first-order valence-corrected chi connectivity index (χ1v) is 24.7. The summed E-state index contributed by atoms with van der Waals surface area (Å²) >= 11 is 0. The van der Waals surface area contributed by atoms with Crippen molar-refractivity contribution in [3.8, 4) is 28.3 Å². The van der Waals surface area contributed by atoms with Crippen LogP contribution in [0.15, 0.2) is 67.0 Å². The van der Waals surface area contributed by atoms with Crippen LogP contribution >= 0.6 is 0 Å². The van der Waals surface area contributed by atoms with E-state index in [1.54, 1.807) is 23.1 Å². The quantitative estimate of drug-likeness (QED) is 0.0873. The number of H-pyrrole nitrogens is 1. The van der Waals surface area contributed by atoms with Crippen LogP contribution in [0, 0.1) is 30.0 Å². The van der Waals surface area contributed by atoms with Crippen molar-refractivity contribution in [3.63, 3.8) is 0 Å². The fourth-order valence-electron chi connectivity index (χ4n) is 10.8. The van der Waals surface area contributed by atoms with Crippen LogP contribution < -0.4 is 26.0 Å². The van der Waals surface area contributed by atoms with Crippen molar-refractivity contribution in [1.82, 2.24) is 35.0 Å². The molecule has 2 aromatic heterocycles. The predicted octanol–water partition coefficient (Wildman–Crippen LogP) is 7.14. The van der Waals surface area contributed by atoms with E-state index in [0.29, 0.717) is 70.7 Å². The molecule has 5 aromatic rings. The molecule has 2 atom stereocenters. The number of anilines is 2. The zero-order valence-corrected chi connectivity index (χ0v) is 40.9. The van der Waals surface area contributed by atoms with E-state index in [4.69, 9.17) is 15.2 Å². The van der Waals surface area contributed by atoms with Crippen molar-refractivity contribution in [1.29, 1.82) is 0 Å². The van der Waals surface area contributed by atoms with E-state index in [1.807, 2.05) is 17.9 Å². The van der Waals surface area contributed by atoms with Crippen molar-refractivity contribution in [2.75, 3.05) is 76.2 Å². The average molecular weight is 971 g/mol. The topological polar surface area (TPSA) is 208 Å². The Balaban J connectivity index is 0.785. The maximum Gasteiger partial charge on any atom is 0.328 e. The van der Waals surface area contributed by atoms with Gasteiger partial charge in [0.25, 0.3) is 5.91 Å². The minimum Gasteiger partial charge on any atom is -0.495 e. The molecule has 9 rings (SSSR count). The lowest BCUT2D eigenvalue weighted by molar-refractivity contribution is -0.148. The van der Waals surface area contributed by atoms with Gasteiger partial charge in [0, 0.05) is 73.0 Å². The third-order valence-corrected chi connectivity index (χ3v) is 15.0. The number of fused-ring (bicyclic) bond motifs is 1. The maximum atomic E-state index is 15.4. The third-order valence-electron chi connectivity index (χ3n) is 15.0. The largest absolute Gasteiger partial charge is 0.495 e. The Hall–Kier alpha value is -6.92. The van der Waals surface area contributed by atoms with E-state index in [9.17, 15) is 24.0 Å². The van der Waals surface area contributed by atoms with Crippen molar-refractivity contribution < 1.29 is 37.8 Å². The highest BCUT2D eigenvalue weighted by Crippen LogP contribution is 2.42. The molecule has 4 aliphatic rings. The number of amides is 6. The number of hydrogen-bond acceptors (Lipinski definition) is 11. The minimum absolute atomic E-state index is 0.0408. The van der Waals surface area contributed by atoms with E-state index in [2.05, 4.69) is 68.6 Å². The number of nitrogens with two attached hydrogens (primary N) is 1. The summed E-state index contributed by atoms with van der Waals surface area (Å²) < 4.78 is 26.5. The van der Waals surface area contributed by atoms with Gasteiger partial charge < -0.3 is 40.2 Å². The highest BCUT2D eigenvalue weighted by Gasteiger charge is 2.40. The number of benzene rings is 3. The number of esters is 1. The van der Waals surface area contributed by atoms with Crippen molar-refractivity contribution in [2.24, 2.45) is 23.0 Å². The molecule has 0 aliphatic carbocycles. The number of hydrogen-bond donors (Lipinski definition) is 4. The molecule has 17 nitrogen and oxygen atoms in total. The van der Waals surface area contributed by atoms with Gasteiger partial charge in [-0.2, -0.15) is 0 Å². The van der Waals surface area contributed by atoms with Crippen LogP contribution in [-0.4, -0.2) is 132 Å². The SMILES string of the molecule is COc1ccc(C(=O)N2CCC3(CCN(CCc4ccc(-c5cc6c(-c7cc(F)cc(NC(=O)N8C[C@H](CC(C)C)[C@@H](OC(=O)CN)C8)c7C)ncnc6[nH]5)cc4)CC3)CC2)cc1N1CCC(=O)NC1=O. The fourth-order valence-corrected chi connectivity index (χ4v) is 10.8. The van der Waals surface area contributed by atoms with E-state index in [1.165, 1.54) is 36.0 Å². The fraction of sp³-hybridized carbons (Fsp3) is 0.453. The summed E-state index contributed by atoms with van der Waals surface area (Å²) in [5.41, 5.74) is 12.4. The van der Waals surface area contributed by atoms with Gasteiger partial charge in [-0.05, 0) is 123 Å². The number of halogens is 1. The van der Waals surface area contributed by atoms with E-state index < -0.39 is 30.0 Å². The van der Waals surface area contributed by atoms with Gasteiger partial charge in [-0.15, -0.1) is 0 Å². The van der Waals surface area contributed by atoms with E-state index in [-0.39, 0.29) is 49.2 Å². The zero-order valence-electron chi connectivity index (χ0n) is 40.9. The number of carbonyl (C=O) groups is 5. The number of likely N-dealkylation sites (tertiary alicyclic amines) is 3. The lowest BCUT2D eigenvalue weighted by atomic mass is 9.71. The standard InChI is InChI=1S/C53H63FN10O7/c1-32(2)23-37-29-63(30-45(37)71-47(66)28-55)51(68)59-41-26-38(54)25-39(33(41)3)48-40-27-42(58-49(40)57-31-56-48)35-7-5-34(6-8-35)11-17-61-19-13-53(14-20-61)15-21-62(22-16-53)50(67)36-9-10-44(70-4)43(24-36)64-18-12-46(65)60-52(64)69/h5-10,24-27,31-32,37,45H,11-23,28-30,55H2,1-4H3,(H,59,68)(H,56,57,58)(H,60,65,69)/t37-,45-/m0/s1. The molecule has 4 fully saturated rings. The third kappa shape index (κ3) is 10.7. The Morgan fingerprint density at radius 1 is 0.930 bits per heavy atom. The molecule has 18 heteroatoms. The molecule has 6 amide bonds. The Kier molecular flexibility index (Phi) is 14.4. The summed E-state index contributed by atoms with van der Waals surface area (Å²) in [6.07, 6.45) is 6.92. The number of ether oxygens (including phenoxy) is 2. The molecule has 1 spiro atoms. The number of rotatable bonds is 13. The maximum absolute atomic E-state index is 15.4. The number of aromatic nitrogens is 3. The summed E-state index contributed by atoms with van der Waals surface area (Å²) in [6, 6.07) is 17.4. The van der Waals surface area contributed by atoms with Gasteiger partial charge >= 0.3 is 18.0 Å². The molecule has 0 bridgehead atoms. The van der Waals surface area contributed by atoms with Crippen LogP contribution in [0.4, 0.5) is 25.4 Å². The highest BCUT2D eigenvalue weighted by molar-refractivity contribution is 6.07. The number of urea groups is 2. The summed E-state index contributed by atoms with van der Waals surface area (Å²) in [6.45, 7) is 10.9. The second-order valence-corrected chi connectivity index (χ2v) is 20.0. The molecule has 3 aromatic carbocycles. The lowest BCUT2D eigenvalue weighted by Gasteiger charge is -2.47. The van der Waals surface area contributed by atoms with Crippen LogP contribution in [0.5, 0.6) is 5.75 Å². The number of imide groups is 1. The number of piperidine rings is 2. The second kappa shape index (κ2) is 20.8. The number of aromatic amines is 1. The number of methoxy groups -OCH3 is 1. The first-order valence-electron chi connectivity index (χ1n) is 24.7. The minimum atomic E-state index is -0.527. The van der Waals surface area contributed by atoms with E-state index in [0.717, 1.165) is 74.8 Å². The van der Waals surface area contributed by atoms with Crippen LogP contribution in [0.1, 0.15) is 73.9 Å². The van der Waals surface area contributed by atoms with Crippen LogP contribution in [0.25, 0.3) is 33.5 Å². The van der Waals surface area contributed by atoms with Gasteiger partial charge in [0.1, 0.15) is 29.6 Å². The summed E-state index contributed by atoms with van der Waals surface area (Å²) in [4.78, 5) is 83.8. The first kappa shape index (κ1) is 49.1. The monoisotopic (exact) mass is 970 g/mol. The molecule has 6 heterocycles. The van der Waals surface area contributed by atoms with Gasteiger partial charge in [0.05, 0.1) is 31.6 Å². The first-order chi connectivity index (χ1) is 34.2. The Labute approximate surface area is 412 Å². The molecule has 5 N–H and O–H groups in total. The predicted molar refractivity (Wildman–Crippen MR) is 267 cm³/mol. The molecule has 0 unspecified atom stereocenters. The Morgan fingerprint density at radius 3 is 2.38 bits per heavy atom. The second-order valence-electron chi connectivity index (χ2n) is 20.0. The van der Waals surface area contributed by atoms with E-state index >= 15 is 4.39 Å². The molecular formula is C53H63FN10O7. The van der Waals surface area contributed by atoms with Crippen LogP contribution in [0.3, 0.4) is 0 Å². The Morgan fingerprint density at radius 2 is 1.68 bits per heavy atom. The van der Waals surface area contributed by atoms with Crippen LogP contribution in [0.2, 0.25) is 0 Å². The zero-order chi connectivity index (χ0) is 50.0. The highest BCUT2D eigenvalue weighted by atomic mass is 19.1. The van der Waals surface area contributed by atoms with Crippen LogP contribution in [-0.2, 0) is 20.7 Å². The van der Waals surface area contributed by atoms with Gasteiger partial charge in [-0.25, -0.2) is 23.9 Å². The van der Waals surface area contributed by atoms with Crippen molar-refractivity contribution in [2.45, 2.75) is 71.8 Å². The van der Waals surface area contributed by atoms with Crippen molar-refractivity contribution in [3.05, 3.63) is 89.5 Å². The normalized spacial score (nSPS) is 19.4. The van der Waals surface area contributed by atoms with Gasteiger partial charge in [-0.1, -0.05) is 38.1 Å². The average Bonchev–Trinajstić information content (AvgIpc) is 3.99. The molecule has 71 heavy (non-hydrogen) atoms. The number of nitrogens with one attached hydrogen (secondary N) is 3. The molecule has 4 saturated heterocycles. The molecular weight excluding hydrogens is 908 g/mol. The molecule has 0 saturated carbocycles.